The van der Waals surface area contributed by atoms with E-state index in [0.29, 0.717) is 30.8 Å². The number of rotatable bonds is 5. The molecule has 162 valence electrons. The standard InChI is InChI=1S/C25H27FN2O3/c1-27-12-13-28(16-18(27)11-14-29)25(30)23-10-9-21(19-5-3-4-6-20(19)23)22-8-7-17(26)15-24(22)31-2/h3-10,15,18,29H,11-14,16H2,1-2H3. The van der Waals surface area contributed by atoms with Crippen molar-refractivity contribution in [2.45, 2.75) is 12.5 Å². The Morgan fingerprint density at radius 1 is 1.10 bits per heavy atom. The predicted octanol–water partition coefficient (Wildman–Crippen LogP) is 3.79. The molecule has 1 saturated heterocycles. The number of methoxy groups -OCH3 is 1. The summed E-state index contributed by atoms with van der Waals surface area (Å²) in [5.41, 5.74) is 2.31. The Morgan fingerprint density at radius 3 is 2.58 bits per heavy atom. The molecule has 3 aromatic carbocycles. The second-order valence-corrected chi connectivity index (χ2v) is 7.95. The van der Waals surface area contributed by atoms with Gasteiger partial charge in [-0.15, -0.1) is 0 Å². The van der Waals surface area contributed by atoms with E-state index in [-0.39, 0.29) is 24.4 Å². The van der Waals surface area contributed by atoms with Gasteiger partial charge in [-0.1, -0.05) is 30.3 Å². The highest BCUT2D eigenvalue weighted by atomic mass is 19.1. The molecule has 1 heterocycles. The Labute approximate surface area is 181 Å². The minimum Gasteiger partial charge on any atom is -0.496 e. The molecule has 5 nitrogen and oxygen atoms in total. The van der Waals surface area contributed by atoms with Crippen LogP contribution in [-0.2, 0) is 0 Å². The summed E-state index contributed by atoms with van der Waals surface area (Å²) in [5, 5.41) is 11.1. The van der Waals surface area contributed by atoms with Crippen LogP contribution in [0.4, 0.5) is 4.39 Å². The zero-order chi connectivity index (χ0) is 22.0. The number of ether oxygens (including phenoxy) is 1. The molecular weight excluding hydrogens is 395 g/mol. The molecule has 0 aromatic heterocycles. The van der Waals surface area contributed by atoms with Gasteiger partial charge in [-0.25, -0.2) is 4.39 Å². The van der Waals surface area contributed by atoms with Gasteiger partial charge in [-0.05, 0) is 48.0 Å². The summed E-state index contributed by atoms with van der Waals surface area (Å²) < 4.78 is 19.1. The SMILES string of the molecule is COc1cc(F)ccc1-c1ccc(C(=O)N2CCN(C)C(CCO)C2)c2ccccc12. The Bertz CT molecular complexity index is 1100. The van der Waals surface area contributed by atoms with Crippen LogP contribution in [0.15, 0.2) is 54.6 Å². The number of aliphatic hydroxyl groups excluding tert-OH is 1. The van der Waals surface area contributed by atoms with E-state index in [1.807, 2.05) is 48.3 Å². The van der Waals surface area contributed by atoms with Crippen molar-refractivity contribution in [2.24, 2.45) is 0 Å². The lowest BCUT2D eigenvalue weighted by Crippen LogP contribution is -2.53. The van der Waals surface area contributed by atoms with Gasteiger partial charge in [0.25, 0.3) is 5.91 Å². The van der Waals surface area contributed by atoms with Gasteiger partial charge in [0.1, 0.15) is 11.6 Å². The van der Waals surface area contributed by atoms with Gasteiger partial charge < -0.3 is 14.7 Å². The van der Waals surface area contributed by atoms with Crippen LogP contribution in [0, 0.1) is 5.82 Å². The average Bonchev–Trinajstić information content (AvgIpc) is 2.79. The topological polar surface area (TPSA) is 53.0 Å². The number of aliphatic hydroxyl groups is 1. The molecule has 6 heteroatoms. The molecule has 0 aliphatic carbocycles. The number of carbonyl (C=O) groups is 1. The summed E-state index contributed by atoms with van der Waals surface area (Å²) in [7, 11) is 3.55. The number of nitrogens with zero attached hydrogens (tertiary/aromatic N) is 2. The van der Waals surface area contributed by atoms with Crippen molar-refractivity contribution in [2.75, 3.05) is 40.4 Å². The largest absolute Gasteiger partial charge is 0.496 e. The smallest absolute Gasteiger partial charge is 0.254 e. The monoisotopic (exact) mass is 422 g/mol. The van der Waals surface area contributed by atoms with Crippen LogP contribution in [0.3, 0.4) is 0 Å². The van der Waals surface area contributed by atoms with Crippen LogP contribution in [0.2, 0.25) is 0 Å². The first-order chi connectivity index (χ1) is 15.0. The molecule has 0 bridgehead atoms. The third-order valence-electron chi connectivity index (χ3n) is 6.13. The number of likely N-dealkylation sites (N-methyl/N-ethyl adjacent to an activating group) is 1. The summed E-state index contributed by atoms with van der Waals surface area (Å²) >= 11 is 0. The third kappa shape index (κ3) is 4.13. The van der Waals surface area contributed by atoms with E-state index < -0.39 is 0 Å². The normalized spacial score (nSPS) is 17.2. The molecule has 3 aromatic rings. The van der Waals surface area contributed by atoms with E-state index >= 15 is 0 Å². The molecule has 0 spiro atoms. The fourth-order valence-electron chi connectivity index (χ4n) is 4.37. The molecule has 0 radical (unpaired) electrons. The quantitative estimate of drug-likeness (QED) is 0.680. The van der Waals surface area contributed by atoms with E-state index in [4.69, 9.17) is 4.74 Å². The van der Waals surface area contributed by atoms with E-state index in [9.17, 15) is 14.3 Å². The second-order valence-electron chi connectivity index (χ2n) is 7.95. The molecule has 1 amide bonds. The minimum absolute atomic E-state index is 0.00939. The number of hydrogen-bond acceptors (Lipinski definition) is 4. The van der Waals surface area contributed by atoms with Crippen LogP contribution < -0.4 is 4.74 Å². The number of carbonyl (C=O) groups excluding carboxylic acids is 1. The average molecular weight is 423 g/mol. The number of piperazine rings is 1. The van der Waals surface area contributed by atoms with Crippen LogP contribution in [-0.4, -0.2) is 67.3 Å². The third-order valence-corrected chi connectivity index (χ3v) is 6.13. The fourth-order valence-corrected chi connectivity index (χ4v) is 4.37. The summed E-state index contributed by atoms with van der Waals surface area (Å²) in [4.78, 5) is 17.5. The highest BCUT2D eigenvalue weighted by Crippen LogP contribution is 2.37. The van der Waals surface area contributed by atoms with E-state index in [0.717, 1.165) is 28.4 Å². The number of halogens is 1. The number of hydrogen-bond donors (Lipinski definition) is 1. The maximum atomic E-state index is 13.7. The van der Waals surface area contributed by atoms with E-state index in [2.05, 4.69) is 4.90 Å². The van der Waals surface area contributed by atoms with Crippen molar-refractivity contribution in [1.29, 1.82) is 0 Å². The van der Waals surface area contributed by atoms with Gasteiger partial charge >= 0.3 is 0 Å². The van der Waals surface area contributed by atoms with Crippen LogP contribution in [0.25, 0.3) is 21.9 Å². The molecule has 1 aliphatic heterocycles. The zero-order valence-corrected chi connectivity index (χ0v) is 17.8. The van der Waals surface area contributed by atoms with Gasteiger partial charge in [-0.3, -0.25) is 9.69 Å². The van der Waals surface area contributed by atoms with Crippen LogP contribution in [0.1, 0.15) is 16.8 Å². The van der Waals surface area contributed by atoms with Crippen LogP contribution in [0.5, 0.6) is 5.75 Å². The van der Waals surface area contributed by atoms with Gasteiger partial charge in [0, 0.05) is 49.5 Å². The summed E-state index contributed by atoms with van der Waals surface area (Å²) in [6, 6.07) is 16.2. The first-order valence-electron chi connectivity index (χ1n) is 10.5. The molecule has 1 unspecified atom stereocenters. The number of amides is 1. The molecule has 1 aliphatic rings. The second kappa shape index (κ2) is 9.04. The molecule has 1 fully saturated rings. The lowest BCUT2D eigenvalue weighted by molar-refractivity contribution is 0.0502. The predicted molar refractivity (Wildman–Crippen MR) is 120 cm³/mol. The van der Waals surface area contributed by atoms with Gasteiger partial charge in [0.15, 0.2) is 0 Å². The van der Waals surface area contributed by atoms with Crippen molar-refractivity contribution in [1.82, 2.24) is 9.80 Å². The minimum atomic E-state index is -0.357. The summed E-state index contributed by atoms with van der Waals surface area (Å²) in [5.74, 6) is 0.0872. The Balaban J connectivity index is 1.75. The van der Waals surface area contributed by atoms with Gasteiger partial charge in [-0.2, -0.15) is 0 Å². The lowest BCUT2D eigenvalue weighted by Gasteiger charge is -2.39. The number of benzene rings is 3. The Kier molecular flexibility index (Phi) is 6.20. The lowest BCUT2D eigenvalue weighted by atomic mass is 9.93. The van der Waals surface area contributed by atoms with Crippen molar-refractivity contribution < 1.29 is 19.0 Å². The fraction of sp³-hybridized carbons (Fsp3) is 0.320. The molecule has 0 saturated carbocycles. The molecule has 1 atom stereocenters. The molecular formula is C25H27FN2O3. The van der Waals surface area contributed by atoms with Crippen LogP contribution >= 0.6 is 0 Å². The molecule has 4 rings (SSSR count). The zero-order valence-electron chi connectivity index (χ0n) is 17.8. The molecule has 1 N–H and O–H groups in total. The Hall–Kier alpha value is -2.96. The van der Waals surface area contributed by atoms with Crippen molar-refractivity contribution >= 4 is 16.7 Å². The maximum Gasteiger partial charge on any atom is 0.254 e. The van der Waals surface area contributed by atoms with E-state index in [1.165, 1.54) is 19.2 Å². The molecule has 31 heavy (non-hydrogen) atoms. The van der Waals surface area contributed by atoms with E-state index in [1.54, 1.807) is 6.07 Å². The Morgan fingerprint density at radius 2 is 1.84 bits per heavy atom. The van der Waals surface area contributed by atoms with Crippen molar-refractivity contribution in [3.63, 3.8) is 0 Å². The van der Waals surface area contributed by atoms with Crippen molar-refractivity contribution in [3.8, 4) is 16.9 Å². The van der Waals surface area contributed by atoms with Gasteiger partial charge in [0.05, 0.1) is 7.11 Å². The van der Waals surface area contributed by atoms with Gasteiger partial charge in [0.2, 0.25) is 0 Å². The first kappa shape index (κ1) is 21.3. The maximum absolute atomic E-state index is 13.7. The van der Waals surface area contributed by atoms with Crippen molar-refractivity contribution in [3.05, 3.63) is 66.0 Å². The highest BCUT2D eigenvalue weighted by molar-refractivity contribution is 6.11. The summed E-state index contributed by atoms with van der Waals surface area (Å²) in [6.07, 6.45) is 0.643. The number of fused-ring (bicyclic) bond motifs is 1. The summed E-state index contributed by atoms with van der Waals surface area (Å²) in [6.45, 7) is 2.13. The first-order valence-corrected chi connectivity index (χ1v) is 10.5. The highest BCUT2D eigenvalue weighted by Gasteiger charge is 2.28.